The standard InChI is InChI=1S/C26H29N3O6/c1-26(24(33)27-2)11-12-29(15-26)23(32)21(13-22(30)31)28-25(34)35-14-20-18-9-5-3-7-16(18)17-8-4-6-10-19(17)20/h3-10,20-21H,11-15H2,1-2H3,(H,27,33)(H,28,34)(H,30,31). The summed E-state index contributed by atoms with van der Waals surface area (Å²) in [6.07, 6.45) is -1.00. The van der Waals surface area contributed by atoms with Gasteiger partial charge in [-0.1, -0.05) is 48.5 Å². The molecular weight excluding hydrogens is 450 g/mol. The van der Waals surface area contributed by atoms with Gasteiger partial charge in [0, 0.05) is 26.1 Å². The number of nitrogens with zero attached hydrogens (tertiary/aromatic N) is 1. The third-order valence-corrected chi connectivity index (χ3v) is 6.87. The maximum absolute atomic E-state index is 13.1. The lowest BCUT2D eigenvalue weighted by Crippen LogP contribution is -2.50. The Morgan fingerprint density at radius 2 is 1.69 bits per heavy atom. The third kappa shape index (κ3) is 4.84. The Morgan fingerprint density at radius 3 is 2.26 bits per heavy atom. The molecule has 1 fully saturated rings. The van der Waals surface area contributed by atoms with Crippen molar-refractivity contribution in [2.45, 2.75) is 31.7 Å². The normalized spacial score (nSPS) is 19.4. The third-order valence-electron chi connectivity index (χ3n) is 6.87. The average Bonchev–Trinajstić information content (AvgIpc) is 3.40. The number of rotatable bonds is 7. The van der Waals surface area contributed by atoms with Gasteiger partial charge in [0.05, 0.1) is 11.8 Å². The van der Waals surface area contributed by atoms with Gasteiger partial charge in [-0.3, -0.25) is 14.4 Å². The summed E-state index contributed by atoms with van der Waals surface area (Å²) < 4.78 is 5.48. The molecule has 2 aromatic carbocycles. The highest BCUT2D eigenvalue weighted by atomic mass is 16.5. The van der Waals surface area contributed by atoms with E-state index < -0.39 is 35.8 Å². The summed E-state index contributed by atoms with van der Waals surface area (Å²) in [4.78, 5) is 50.7. The molecule has 3 N–H and O–H groups in total. The lowest BCUT2D eigenvalue weighted by molar-refractivity contribution is -0.142. The van der Waals surface area contributed by atoms with Crippen LogP contribution in [-0.2, 0) is 19.1 Å². The molecule has 9 heteroatoms. The maximum atomic E-state index is 13.1. The number of alkyl carbamates (subject to hydrolysis) is 1. The Bertz CT molecular complexity index is 1120. The first-order valence-corrected chi connectivity index (χ1v) is 11.6. The molecule has 9 nitrogen and oxygen atoms in total. The van der Waals surface area contributed by atoms with Crippen LogP contribution in [0.1, 0.15) is 36.8 Å². The van der Waals surface area contributed by atoms with Crippen molar-refractivity contribution in [1.82, 2.24) is 15.5 Å². The highest BCUT2D eigenvalue weighted by molar-refractivity contribution is 5.91. The van der Waals surface area contributed by atoms with Gasteiger partial charge in [-0.25, -0.2) is 4.79 Å². The predicted octanol–water partition coefficient (Wildman–Crippen LogP) is 2.35. The van der Waals surface area contributed by atoms with Crippen molar-refractivity contribution < 1.29 is 29.0 Å². The molecule has 2 atom stereocenters. The minimum atomic E-state index is -1.30. The molecule has 2 unspecified atom stereocenters. The number of hydrogen-bond acceptors (Lipinski definition) is 5. The largest absolute Gasteiger partial charge is 0.481 e. The quantitative estimate of drug-likeness (QED) is 0.560. The topological polar surface area (TPSA) is 125 Å². The monoisotopic (exact) mass is 479 g/mol. The first-order chi connectivity index (χ1) is 16.7. The first kappa shape index (κ1) is 24.3. The first-order valence-electron chi connectivity index (χ1n) is 11.6. The fourth-order valence-corrected chi connectivity index (χ4v) is 5.01. The van der Waals surface area contributed by atoms with Crippen LogP contribution in [0.15, 0.2) is 48.5 Å². The number of nitrogens with one attached hydrogen (secondary N) is 2. The molecule has 2 aliphatic rings. The van der Waals surface area contributed by atoms with Crippen LogP contribution in [-0.4, -0.2) is 66.7 Å². The fraction of sp³-hybridized carbons (Fsp3) is 0.385. The zero-order valence-electron chi connectivity index (χ0n) is 19.7. The molecule has 1 aliphatic heterocycles. The SMILES string of the molecule is CNC(=O)C1(C)CCN(C(=O)C(CC(=O)O)NC(=O)OCC2c3ccccc3-c3ccccc32)C1. The van der Waals surface area contributed by atoms with Gasteiger partial charge >= 0.3 is 12.1 Å². The second-order valence-electron chi connectivity index (χ2n) is 9.27. The maximum Gasteiger partial charge on any atom is 0.407 e. The van der Waals surface area contributed by atoms with E-state index in [0.717, 1.165) is 22.3 Å². The Morgan fingerprint density at radius 1 is 1.09 bits per heavy atom. The number of benzene rings is 2. The van der Waals surface area contributed by atoms with E-state index in [-0.39, 0.29) is 25.0 Å². The molecule has 1 heterocycles. The van der Waals surface area contributed by atoms with Crippen molar-refractivity contribution in [3.05, 3.63) is 59.7 Å². The summed E-state index contributed by atoms with van der Waals surface area (Å²) in [6.45, 7) is 2.25. The summed E-state index contributed by atoms with van der Waals surface area (Å²) >= 11 is 0. The Balaban J connectivity index is 1.42. The minimum absolute atomic E-state index is 0.0479. The molecule has 0 bridgehead atoms. The van der Waals surface area contributed by atoms with Crippen molar-refractivity contribution >= 4 is 23.9 Å². The van der Waals surface area contributed by atoms with Crippen molar-refractivity contribution in [2.75, 3.05) is 26.7 Å². The van der Waals surface area contributed by atoms with E-state index in [1.165, 1.54) is 11.9 Å². The van der Waals surface area contributed by atoms with Crippen LogP contribution in [0.2, 0.25) is 0 Å². The molecule has 1 saturated heterocycles. The number of hydrogen-bond donors (Lipinski definition) is 3. The summed E-state index contributed by atoms with van der Waals surface area (Å²) in [5.41, 5.74) is 3.51. The zero-order valence-corrected chi connectivity index (χ0v) is 19.7. The van der Waals surface area contributed by atoms with Gasteiger partial charge in [0.1, 0.15) is 12.6 Å². The molecule has 0 saturated carbocycles. The predicted molar refractivity (Wildman–Crippen MR) is 128 cm³/mol. The fourth-order valence-electron chi connectivity index (χ4n) is 5.01. The van der Waals surface area contributed by atoms with E-state index in [1.807, 2.05) is 48.5 Å². The van der Waals surface area contributed by atoms with Crippen LogP contribution >= 0.6 is 0 Å². The number of carbonyl (C=O) groups excluding carboxylic acids is 3. The molecule has 35 heavy (non-hydrogen) atoms. The molecular formula is C26H29N3O6. The highest BCUT2D eigenvalue weighted by Gasteiger charge is 2.43. The Labute approximate surface area is 203 Å². The van der Waals surface area contributed by atoms with E-state index in [0.29, 0.717) is 13.0 Å². The number of carboxylic acid groups (broad SMARTS) is 1. The number of fused-ring (bicyclic) bond motifs is 3. The van der Waals surface area contributed by atoms with Crippen LogP contribution < -0.4 is 10.6 Å². The summed E-state index contributed by atoms with van der Waals surface area (Å²) in [5.74, 6) is -2.12. The van der Waals surface area contributed by atoms with Crippen LogP contribution in [0.5, 0.6) is 0 Å². The van der Waals surface area contributed by atoms with E-state index in [2.05, 4.69) is 10.6 Å². The van der Waals surface area contributed by atoms with Crippen molar-refractivity contribution in [3.8, 4) is 11.1 Å². The van der Waals surface area contributed by atoms with E-state index in [1.54, 1.807) is 6.92 Å². The van der Waals surface area contributed by atoms with Gasteiger partial charge in [-0.15, -0.1) is 0 Å². The number of amides is 3. The van der Waals surface area contributed by atoms with Crippen LogP contribution in [0, 0.1) is 5.41 Å². The highest BCUT2D eigenvalue weighted by Crippen LogP contribution is 2.44. The average molecular weight is 480 g/mol. The van der Waals surface area contributed by atoms with Gasteiger partial charge in [0.15, 0.2) is 0 Å². The number of carboxylic acids is 1. The zero-order chi connectivity index (χ0) is 25.2. The Hall–Kier alpha value is -3.88. The number of ether oxygens (including phenoxy) is 1. The van der Waals surface area contributed by atoms with Gasteiger partial charge in [0.2, 0.25) is 11.8 Å². The molecule has 3 amide bonds. The number of likely N-dealkylation sites (tertiary alicyclic amines) is 1. The van der Waals surface area contributed by atoms with Gasteiger partial charge in [-0.05, 0) is 35.6 Å². The molecule has 4 rings (SSSR count). The van der Waals surface area contributed by atoms with E-state index >= 15 is 0 Å². The van der Waals surface area contributed by atoms with Crippen molar-refractivity contribution in [3.63, 3.8) is 0 Å². The molecule has 0 radical (unpaired) electrons. The summed E-state index contributed by atoms with van der Waals surface area (Å²) in [7, 11) is 1.53. The Kier molecular flexibility index (Phi) is 6.77. The smallest absolute Gasteiger partial charge is 0.407 e. The lowest BCUT2D eigenvalue weighted by atomic mass is 9.89. The minimum Gasteiger partial charge on any atom is -0.481 e. The van der Waals surface area contributed by atoms with Crippen molar-refractivity contribution in [2.24, 2.45) is 5.41 Å². The van der Waals surface area contributed by atoms with Gasteiger partial charge in [-0.2, -0.15) is 0 Å². The second kappa shape index (κ2) is 9.77. The van der Waals surface area contributed by atoms with Gasteiger partial charge < -0.3 is 25.4 Å². The van der Waals surface area contributed by atoms with Crippen LogP contribution in [0.3, 0.4) is 0 Å². The number of carbonyl (C=O) groups is 4. The van der Waals surface area contributed by atoms with Gasteiger partial charge in [0.25, 0.3) is 0 Å². The summed E-state index contributed by atoms with van der Waals surface area (Å²) in [6, 6.07) is 14.5. The summed E-state index contributed by atoms with van der Waals surface area (Å²) in [5, 5.41) is 14.3. The molecule has 2 aromatic rings. The van der Waals surface area contributed by atoms with E-state index in [9.17, 15) is 24.3 Å². The number of aliphatic carboxylic acids is 1. The van der Waals surface area contributed by atoms with Crippen molar-refractivity contribution in [1.29, 1.82) is 0 Å². The van der Waals surface area contributed by atoms with E-state index in [4.69, 9.17) is 4.74 Å². The molecule has 0 spiro atoms. The second-order valence-corrected chi connectivity index (χ2v) is 9.27. The van der Waals surface area contributed by atoms with Crippen LogP contribution in [0.4, 0.5) is 4.79 Å². The molecule has 1 aliphatic carbocycles. The molecule has 0 aromatic heterocycles. The lowest BCUT2D eigenvalue weighted by Gasteiger charge is -2.26. The molecule has 184 valence electrons. The van der Waals surface area contributed by atoms with Crippen LogP contribution in [0.25, 0.3) is 11.1 Å².